The first-order chi connectivity index (χ1) is 11.6. The number of carbonyl (C=O) groups is 2. The zero-order valence-corrected chi connectivity index (χ0v) is 13.1. The van der Waals surface area contributed by atoms with Gasteiger partial charge in [0.1, 0.15) is 18.5 Å². The summed E-state index contributed by atoms with van der Waals surface area (Å²) in [7, 11) is 0. The number of benzene rings is 1. The first kappa shape index (κ1) is 15.8. The third kappa shape index (κ3) is 3.15. The molecule has 0 radical (unpaired) electrons. The van der Waals surface area contributed by atoms with Gasteiger partial charge in [-0.05, 0) is 24.6 Å². The van der Waals surface area contributed by atoms with Gasteiger partial charge >= 0.3 is 5.97 Å². The fourth-order valence-electron chi connectivity index (χ4n) is 2.42. The van der Waals surface area contributed by atoms with E-state index in [1.807, 2.05) is 30.3 Å². The molecule has 0 bridgehead atoms. The molecule has 0 aliphatic carbocycles. The SMILES string of the molecule is CC(C(=O)OCc1ccccc1)N1C(=O)COc2ccc(N)nc21. The average molecular weight is 327 g/mol. The average Bonchev–Trinajstić information content (AvgIpc) is 2.60. The first-order valence-corrected chi connectivity index (χ1v) is 7.48. The highest BCUT2D eigenvalue weighted by Gasteiger charge is 2.35. The van der Waals surface area contributed by atoms with Crippen LogP contribution < -0.4 is 15.4 Å². The molecule has 3 rings (SSSR count). The molecule has 1 unspecified atom stereocenters. The summed E-state index contributed by atoms with van der Waals surface area (Å²) in [5.41, 5.74) is 6.55. The molecule has 2 aromatic rings. The van der Waals surface area contributed by atoms with Crippen molar-refractivity contribution in [3.63, 3.8) is 0 Å². The Labute approximate surface area is 139 Å². The lowest BCUT2D eigenvalue weighted by atomic mass is 10.2. The van der Waals surface area contributed by atoms with E-state index in [0.29, 0.717) is 5.75 Å². The molecular weight excluding hydrogens is 310 g/mol. The van der Waals surface area contributed by atoms with E-state index in [1.165, 1.54) is 4.90 Å². The predicted molar refractivity (Wildman–Crippen MR) is 87.3 cm³/mol. The second-order valence-electron chi connectivity index (χ2n) is 5.38. The number of amides is 1. The summed E-state index contributed by atoms with van der Waals surface area (Å²) in [6.45, 7) is 1.57. The number of nitrogen functional groups attached to an aromatic ring is 1. The van der Waals surface area contributed by atoms with Crippen LogP contribution in [0.25, 0.3) is 0 Å². The van der Waals surface area contributed by atoms with Crippen LogP contribution in [0, 0.1) is 0 Å². The number of pyridine rings is 1. The molecule has 2 heterocycles. The topological polar surface area (TPSA) is 94.8 Å². The summed E-state index contributed by atoms with van der Waals surface area (Å²) in [6.07, 6.45) is 0. The van der Waals surface area contributed by atoms with Crippen LogP contribution in [0.5, 0.6) is 5.75 Å². The summed E-state index contributed by atoms with van der Waals surface area (Å²) in [5.74, 6) is -0.0159. The van der Waals surface area contributed by atoms with Gasteiger partial charge in [-0.15, -0.1) is 0 Å². The van der Waals surface area contributed by atoms with Crippen molar-refractivity contribution in [2.24, 2.45) is 0 Å². The first-order valence-electron chi connectivity index (χ1n) is 7.48. The van der Waals surface area contributed by atoms with Gasteiger partial charge in [-0.1, -0.05) is 30.3 Å². The fraction of sp³-hybridized carbons (Fsp3) is 0.235. The van der Waals surface area contributed by atoms with E-state index in [9.17, 15) is 9.59 Å². The van der Waals surface area contributed by atoms with Crippen molar-refractivity contribution in [3.05, 3.63) is 48.0 Å². The van der Waals surface area contributed by atoms with Gasteiger partial charge in [0.15, 0.2) is 18.2 Å². The minimum atomic E-state index is -0.835. The van der Waals surface area contributed by atoms with Crippen molar-refractivity contribution >= 4 is 23.5 Å². The maximum atomic E-state index is 12.3. The smallest absolute Gasteiger partial charge is 0.329 e. The molecule has 1 atom stereocenters. The Bertz CT molecular complexity index is 764. The Morgan fingerprint density at radius 3 is 2.83 bits per heavy atom. The molecule has 124 valence electrons. The summed E-state index contributed by atoms with van der Waals surface area (Å²) < 4.78 is 10.6. The number of hydrogen-bond acceptors (Lipinski definition) is 6. The molecule has 7 nitrogen and oxygen atoms in total. The quantitative estimate of drug-likeness (QED) is 0.856. The monoisotopic (exact) mass is 327 g/mol. The molecule has 1 aromatic heterocycles. The predicted octanol–water partition coefficient (Wildman–Crippen LogP) is 1.52. The number of esters is 1. The maximum absolute atomic E-state index is 12.3. The van der Waals surface area contributed by atoms with Gasteiger partial charge in [0.25, 0.3) is 5.91 Å². The number of rotatable bonds is 4. The van der Waals surface area contributed by atoms with Crippen LogP contribution in [0.15, 0.2) is 42.5 Å². The molecule has 1 aliphatic rings. The molecule has 1 aliphatic heterocycles. The molecule has 2 N–H and O–H groups in total. The highest BCUT2D eigenvalue weighted by molar-refractivity contribution is 6.01. The molecule has 0 spiro atoms. The second-order valence-corrected chi connectivity index (χ2v) is 5.38. The van der Waals surface area contributed by atoms with Crippen LogP contribution in [0.1, 0.15) is 12.5 Å². The summed E-state index contributed by atoms with van der Waals surface area (Å²) in [6, 6.07) is 11.7. The van der Waals surface area contributed by atoms with E-state index in [2.05, 4.69) is 4.98 Å². The van der Waals surface area contributed by atoms with E-state index in [4.69, 9.17) is 15.2 Å². The van der Waals surface area contributed by atoms with E-state index in [0.717, 1.165) is 5.56 Å². The van der Waals surface area contributed by atoms with Crippen LogP contribution in [0.4, 0.5) is 11.6 Å². The summed E-state index contributed by atoms with van der Waals surface area (Å²) in [4.78, 5) is 29.9. The lowest BCUT2D eigenvalue weighted by Crippen LogP contribution is -2.49. The van der Waals surface area contributed by atoms with Gasteiger partial charge in [-0.2, -0.15) is 0 Å². The van der Waals surface area contributed by atoms with Crippen LogP contribution in [0.2, 0.25) is 0 Å². The van der Waals surface area contributed by atoms with Gasteiger partial charge in [0.2, 0.25) is 0 Å². The Morgan fingerprint density at radius 1 is 1.33 bits per heavy atom. The van der Waals surface area contributed by atoms with Gasteiger partial charge in [-0.3, -0.25) is 9.69 Å². The van der Waals surface area contributed by atoms with E-state index < -0.39 is 12.0 Å². The number of fused-ring (bicyclic) bond motifs is 1. The van der Waals surface area contributed by atoms with Crippen molar-refractivity contribution < 1.29 is 19.1 Å². The highest BCUT2D eigenvalue weighted by atomic mass is 16.5. The minimum absolute atomic E-state index is 0.139. The number of carbonyl (C=O) groups excluding carboxylic acids is 2. The molecule has 0 fully saturated rings. The van der Waals surface area contributed by atoms with Gasteiger partial charge in [-0.25, -0.2) is 9.78 Å². The third-order valence-corrected chi connectivity index (χ3v) is 3.66. The van der Waals surface area contributed by atoms with E-state index in [1.54, 1.807) is 19.1 Å². The number of anilines is 2. The second kappa shape index (κ2) is 6.57. The third-order valence-electron chi connectivity index (χ3n) is 3.66. The Hall–Kier alpha value is -3.09. The van der Waals surface area contributed by atoms with Crippen LogP contribution >= 0.6 is 0 Å². The molecule has 1 amide bonds. The highest BCUT2D eigenvalue weighted by Crippen LogP contribution is 2.32. The molecule has 24 heavy (non-hydrogen) atoms. The number of aromatic nitrogens is 1. The largest absolute Gasteiger partial charge is 0.480 e. The molecular formula is C17H17N3O4. The van der Waals surface area contributed by atoms with Gasteiger partial charge < -0.3 is 15.2 Å². The Balaban J connectivity index is 1.76. The molecule has 1 aromatic carbocycles. The van der Waals surface area contributed by atoms with Crippen molar-refractivity contribution in [1.29, 1.82) is 0 Å². The van der Waals surface area contributed by atoms with Crippen molar-refractivity contribution in [1.82, 2.24) is 4.98 Å². The Kier molecular flexibility index (Phi) is 4.33. The van der Waals surface area contributed by atoms with Crippen molar-refractivity contribution in [2.75, 3.05) is 17.2 Å². The molecule has 0 saturated carbocycles. The van der Waals surface area contributed by atoms with Gasteiger partial charge in [0.05, 0.1) is 0 Å². The standard InChI is InChI=1S/C17H17N3O4/c1-11(17(22)24-9-12-5-3-2-4-6-12)20-15(21)10-23-13-7-8-14(18)19-16(13)20/h2-8,11H,9-10H2,1H3,(H2,18,19). The van der Waals surface area contributed by atoms with Crippen molar-refractivity contribution in [3.8, 4) is 5.75 Å². The zero-order chi connectivity index (χ0) is 17.1. The number of nitrogens with zero attached hydrogens (tertiary/aromatic N) is 2. The lowest BCUT2D eigenvalue weighted by Gasteiger charge is -2.31. The number of ether oxygens (including phenoxy) is 2. The molecule has 7 heteroatoms. The van der Waals surface area contributed by atoms with Crippen molar-refractivity contribution in [2.45, 2.75) is 19.6 Å². The number of hydrogen-bond donors (Lipinski definition) is 1. The zero-order valence-electron chi connectivity index (χ0n) is 13.1. The number of nitrogens with two attached hydrogens (primary N) is 1. The van der Waals surface area contributed by atoms with E-state index in [-0.39, 0.29) is 30.8 Å². The fourth-order valence-corrected chi connectivity index (χ4v) is 2.42. The summed E-state index contributed by atoms with van der Waals surface area (Å²) in [5, 5.41) is 0. The normalized spacial score (nSPS) is 14.5. The lowest BCUT2D eigenvalue weighted by molar-refractivity contribution is -0.147. The van der Waals surface area contributed by atoms with Crippen LogP contribution in [-0.4, -0.2) is 29.5 Å². The summed E-state index contributed by atoms with van der Waals surface area (Å²) >= 11 is 0. The molecule has 0 saturated heterocycles. The van der Waals surface area contributed by atoms with E-state index >= 15 is 0 Å². The van der Waals surface area contributed by atoms with Crippen LogP contribution in [-0.2, 0) is 20.9 Å². The van der Waals surface area contributed by atoms with Gasteiger partial charge in [0, 0.05) is 0 Å². The maximum Gasteiger partial charge on any atom is 0.329 e. The minimum Gasteiger partial charge on any atom is -0.480 e. The van der Waals surface area contributed by atoms with Crippen LogP contribution in [0.3, 0.4) is 0 Å². The Morgan fingerprint density at radius 2 is 2.08 bits per heavy atom.